The average molecular weight is 209 g/mol. The van der Waals surface area contributed by atoms with E-state index in [0.29, 0.717) is 5.56 Å². The summed E-state index contributed by atoms with van der Waals surface area (Å²) in [5.41, 5.74) is 0.565. The van der Waals surface area contributed by atoms with Crippen LogP contribution in [0.3, 0.4) is 0 Å². The minimum atomic E-state index is -0.0394. The van der Waals surface area contributed by atoms with Gasteiger partial charge in [0.2, 0.25) is 0 Å². The van der Waals surface area contributed by atoms with E-state index in [9.17, 15) is 9.90 Å². The van der Waals surface area contributed by atoms with E-state index in [4.69, 9.17) is 0 Å². The zero-order chi connectivity index (χ0) is 10.7. The quantitative estimate of drug-likeness (QED) is 0.740. The molecule has 1 fully saturated rings. The highest BCUT2D eigenvalue weighted by molar-refractivity contribution is 5.93. The molecule has 2 N–H and O–H groups in total. The van der Waals surface area contributed by atoms with Crippen LogP contribution in [0.15, 0.2) is 12.4 Å². The first-order valence-corrected chi connectivity index (χ1v) is 5.23. The van der Waals surface area contributed by atoms with E-state index in [1.165, 1.54) is 6.20 Å². The van der Waals surface area contributed by atoms with Crippen LogP contribution in [-0.2, 0) is 0 Å². The molecule has 1 saturated heterocycles. The lowest BCUT2D eigenvalue weighted by Gasteiger charge is -2.34. The Morgan fingerprint density at radius 1 is 1.67 bits per heavy atom. The van der Waals surface area contributed by atoms with Gasteiger partial charge in [-0.3, -0.25) is 9.89 Å². The average Bonchev–Trinajstić information content (AvgIpc) is 2.81. The zero-order valence-electron chi connectivity index (χ0n) is 8.52. The van der Waals surface area contributed by atoms with Crippen LogP contribution in [0.1, 0.15) is 29.6 Å². The highest BCUT2D eigenvalue weighted by Gasteiger charge is 2.27. The summed E-state index contributed by atoms with van der Waals surface area (Å²) >= 11 is 0. The molecule has 5 nitrogen and oxygen atoms in total. The third-order valence-electron chi connectivity index (χ3n) is 2.84. The fourth-order valence-corrected chi connectivity index (χ4v) is 1.99. The molecule has 1 aromatic rings. The molecule has 1 aliphatic heterocycles. The molecule has 0 saturated carbocycles. The Hall–Kier alpha value is -1.36. The number of nitrogens with zero attached hydrogens (tertiary/aromatic N) is 2. The molecule has 0 bridgehead atoms. The van der Waals surface area contributed by atoms with Gasteiger partial charge in [-0.25, -0.2) is 0 Å². The smallest absolute Gasteiger partial charge is 0.257 e. The molecule has 1 atom stereocenters. The second-order valence-corrected chi connectivity index (χ2v) is 3.82. The number of aliphatic hydroxyl groups excluding tert-OH is 1. The first-order valence-electron chi connectivity index (χ1n) is 5.23. The van der Waals surface area contributed by atoms with Crippen LogP contribution in [0.2, 0.25) is 0 Å². The summed E-state index contributed by atoms with van der Waals surface area (Å²) in [6.45, 7) is 0.777. The van der Waals surface area contributed by atoms with Crippen molar-refractivity contribution in [1.82, 2.24) is 15.1 Å². The zero-order valence-corrected chi connectivity index (χ0v) is 8.52. The van der Waals surface area contributed by atoms with Gasteiger partial charge in [-0.15, -0.1) is 0 Å². The van der Waals surface area contributed by atoms with E-state index in [-0.39, 0.29) is 18.6 Å². The molecule has 1 amide bonds. The lowest BCUT2D eigenvalue weighted by Crippen LogP contribution is -2.45. The number of aliphatic hydroxyl groups is 1. The summed E-state index contributed by atoms with van der Waals surface area (Å²) < 4.78 is 0. The number of piperidine rings is 1. The number of hydrogen-bond acceptors (Lipinski definition) is 3. The van der Waals surface area contributed by atoms with Crippen LogP contribution in [0, 0.1) is 0 Å². The van der Waals surface area contributed by atoms with Crippen LogP contribution in [-0.4, -0.2) is 45.3 Å². The third-order valence-corrected chi connectivity index (χ3v) is 2.84. The molecule has 2 heterocycles. The predicted molar refractivity (Wildman–Crippen MR) is 54.3 cm³/mol. The number of likely N-dealkylation sites (tertiary alicyclic amines) is 1. The van der Waals surface area contributed by atoms with Gasteiger partial charge in [-0.05, 0) is 19.3 Å². The topological polar surface area (TPSA) is 69.2 Å². The van der Waals surface area contributed by atoms with Gasteiger partial charge < -0.3 is 10.0 Å². The van der Waals surface area contributed by atoms with Gasteiger partial charge >= 0.3 is 0 Å². The molecule has 5 heteroatoms. The van der Waals surface area contributed by atoms with Crippen molar-refractivity contribution in [2.75, 3.05) is 13.2 Å². The SMILES string of the molecule is O=C(c1cn[nH]c1)N1CCCCC1CO. The van der Waals surface area contributed by atoms with Crippen molar-refractivity contribution in [2.24, 2.45) is 0 Å². The number of amides is 1. The molecule has 1 aromatic heterocycles. The van der Waals surface area contributed by atoms with Crippen LogP contribution >= 0.6 is 0 Å². The lowest BCUT2D eigenvalue weighted by molar-refractivity contribution is 0.0503. The van der Waals surface area contributed by atoms with Gasteiger partial charge in [0.1, 0.15) is 0 Å². The van der Waals surface area contributed by atoms with E-state index in [0.717, 1.165) is 25.8 Å². The van der Waals surface area contributed by atoms with E-state index in [1.807, 2.05) is 0 Å². The number of aromatic amines is 1. The minimum Gasteiger partial charge on any atom is -0.394 e. The van der Waals surface area contributed by atoms with Crippen molar-refractivity contribution >= 4 is 5.91 Å². The molecule has 0 spiro atoms. The minimum absolute atomic E-state index is 0.0267. The Bertz CT molecular complexity index is 323. The van der Waals surface area contributed by atoms with Crippen LogP contribution in [0.4, 0.5) is 0 Å². The Balaban J connectivity index is 2.11. The molecule has 1 aliphatic rings. The monoisotopic (exact) mass is 209 g/mol. The number of carbonyl (C=O) groups excluding carboxylic acids is 1. The number of H-pyrrole nitrogens is 1. The van der Waals surface area contributed by atoms with E-state index in [1.54, 1.807) is 11.1 Å². The lowest BCUT2D eigenvalue weighted by atomic mass is 10.0. The van der Waals surface area contributed by atoms with Gasteiger partial charge in [0.15, 0.2) is 0 Å². The standard InChI is InChI=1S/C10H15N3O2/c14-7-9-3-1-2-4-13(9)10(15)8-5-11-12-6-8/h5-6,9,14H,1-4,7H2,(H,11,12). The summed E-state index contributed by atoms with van der Waals surface area (Å²) in [6.07, 6.45) is 6.09. The Morgan fingerprint density at radius 2 is 2.53 bits per heavy atom. The predicted octanol–water partition coefficient (Wildman–Crippen LogP) is 0.397. The highest BCUT2D eigenvalue weighted by atomic mass is 16.3. The van der Waals surface area contributed by atoms with Gasteiger partial charge in [0.05, 0.1) is 24.4 Å². The summed E-state index contributed by atoms with van der Waals surface area (Å²) in [4.78, 5) is 13.7. The number of carbonyl (C=O) groups is 1. The number of rotatable bonds is 2. The molecule has 0 aromatic carbocycles. The van der Waals surface area contributed by atoms with Crippen molar-refractivity contribution in [3.8, 4) is 0 Å². The number of aromatic nitrogens is 2. The molecule has 15 heavy (non-hydrogen) atoms. The summed E-state index contributed by atoms with van der Waals surface area (Å²) in [5.74, 6) is -0.0394. The maximum atomic E-state index is 12.0. The first kappa shape index (κ1) is 10.2. The van der Waals surface area contributed by atoms with Crippen LogP contribution < -0.4 is 0 Å². The Morgan fingerprint density at radius 3 is 3.20 bits per heavy atom. The van der Waals surface area contributed by atoms with Gasteiger partial charge in [-0.2, -0.15) is 5.10 Å². The second kappa shape index (κ2) is 4.44. The van der Waals surface area contributed by atoms with Crippen molar-refractivity contribution in [2.45, 2.75) is 25.3 Å². The van der Waals surface area contributed by atoms with Gasteiger partial charge in [-0.1, -0.05) is 0 Å². The summed E-state index contributed by atoms with van der Waals surface area (Å²) in [6, 6.07) is -0.0267. The van der Waals surface area contributed by atoms with Crippen molar-refractivity contribution in [3.05, 3.63) is 18.0 Å². The van der Waals surface area contributed by atoms with Gasteiger partial charge in [0.25, 0.3) is 5.91 Å². The number of nitrogens with one attached hydrogen (secondary N) is 1. The molecule has 2 rings (SSSR count). The Kier molecular flexibility index (Phi) is 3.01. The van der Waals surface area contributed by atoms with E-state index in [2.05, 4.69) is 10.2 Å². The third kappa shape index (κ3) is 2.02. The normalized spacial score (nSPS) is 21.7. The molecule has 0 radical (unpaired) electrons. The molecular weight excluding hydrogens is 194 g/mol. The Labute approximate surface area is 88.1 Å². The molecule has 0 aliphatic carbocycles. The second-order valence-electron chi connectivity index (χ2n) is 3.82. The van der Waals surface area contributed by atoms with E-state index < -0.39 is 0 Å². The van der Waals surface area contributed by atoms with Crippen LogP contribution in [0.25, 0.3) is 0 Å². The summed E-state index contributed by atoms with van der Waals surface area (Å²) in [5, 5.41) is 15.6. The first-order chi connectivity index (χ1) is 7.33. The van der Waals surface area contributed by atoms with Crippen LogP contribution in [0.5, 0.6) is 0 Å². The van der Waals surface area contributed by atoms with Crippen molar-refractivity contribution in [3.63, 3.8) is 0 Å². The highest BCUT2D eigenvalue weighted by Crippen LogP contribution is 2.18. The largest absolute Gasteiger partial charge is 0.394 e. The van der Waals surface area contributed by atoms with Gasteiger partial charge in [0, 0.05) is 12.7 Å². The maximum absolute atomic E-state index is 12.0. The molecular formula is C10H15N3O2. The fourth-order valence-electron chi connectivity index (χ4n) is 1.99. The molecule has 82 valence electrons. The van der Waals surface area contributed by atoms with E-state index >= 15 is 0 Å². The summed E-state index contributed by atoms with van der Waals surface area (Å²) in [7, 11) is 0. The molecule has 1 unspecified atom stereocenters. The maximum Gasteiger partial charge on any atom is 0.257 e. The van der Waals surface area contributed by atoms with Crippen molar-refractivity contribution in [1.29, 1.82) is 0 Å². The number of hydrogen-bond donors (Lipinski definition) is 2. The van der Waals surface area contributed by atoms with Crippen molar-refractivity contribution < 1.29 is 9.90 Å². The fraction of sp³-hybridized carbons (Fsp3) is 0.600.